The fourth-order valence-electron chi connectivity index (χ4n) is 1.30. The molecular weight excluding hydrogens is 162 g/mol. The lowest BCUT2D eigenvalue weighted by Crippen LogP contribution is -2.36. The monoisotopic (exact) mass is 179 g/mol. The minimum atomic E-state index is -0.0409. The molecule has 72 valence electrons. The van der Waals surface area contributed by atoms with Gasteiger partial charge in [0.1, 0.15) is 0 Å². The number of rotatable bonds is 5. The van der Waals surface area contributed by atoms with Gasteiger partial charge in [-0.05, 0) is 19.9 Å². The van der Waals surface area contributed by atoms with Gasteiger partial charge in [0.15, 0.2) is 0 Å². The lowest BCUT2D eigenvalue weighted by Gasteiger charge is -2.25. The van der Waals surface area contributed by atoms with E-state index in [0.717, 1.165) is 13.0 Å². The van der Waals surface area contributed by atoms with Crippen molar-refractivity contribution in [2.24, 2.45) is 5.92 Å². The normalized spacial score (nSPS) is 14.6. The van der Waals surface area contributed by atoms with Crippen molar-refractivity contribution in [2.45, 2.75) is 33.2 Å². The summed E-state index contributed by atoms with van der Waals surface area (Å²) in [6.45, 7) is 7.42. The van der Waals surface area contributed by atoms with E-state index in [0.29, 0.717) is 6.54 Å². The van der Waals surface area contributed by atoms with Crippen molar-refractivity contribution in [3.8, 4) is 12.1 Å². The standard InChI is InChI=1S/C10H17N3/c1-4-10(7-12)13(5-2)8-9(3)6-11/h9-10H,4-5,8H2,1-3H3. The average molecular weight is 179 g/mol. The van der Waals surface area contributed by atoms with E-state index in [4.69, 9.17) is 10.5 Å². The fraction of sp³-hybridized carbons (Fsp3) is 0.800. The molecule has 0 amide bonds. The van der Waals surface area contributed by atoms with E-state index in [1.807, 2.05) is 25.7 Å². The van der Waals surface area contributed by atoms with Gasteiger partial charge in [-0.15, -0.1) is 0 Å². The predicted octanol–water partition coefficient (Wildman–Crippen LogP) is 1.77. The third-order valence-corrected chi connectivity index (χ3v) is 2.11. The summed E-state index contributed by atoms with van der Waals surface area (Å²) in [5.74, 6) is 0.00218. The molecule has 3 nitrogen and oxygen atoms in total. The second kappa shape index (κ2) is 6.46. The predicted molar refractivity (Wildman–Crippen MR) is 51.7 cm³/mol. The Bertz CT molecular complexity index is 211. The highest BCUT2D eigenvalue weighted by atomic mass is 15.1. The topological polar surface area (TPSA) is 50.8 Å². The Morgan fingerprint density at radius 3 is 2.15 bits per heavy atom. The molecular formula is C10H17N3. The molecule has 2 unspecified atom stereocenters. The highest BCUT2D eigenvalue weighted by Crippen LogP contribution is 2.06. The van der Waals surface area contributed by atoms with Gasteiger partial charge in [-0.2, -0.15) is 10.5 Å². The molecule has 0 spiro atoms. The Hall–Kier alpha value is -1.06. The summed E-state index contributed by atoms with van der Waals surface area (Å²) >= 11 is 0. The Balaban J connectivity index is 4.19. The molecule has 0 N–H and O–H groups in total. The Morgan fingerprint density at radius 2 is 1.85 bits per heavy atom. The van der Waals surface area contributed by atoms with Gasteiger partial charge in [-0.1, -0.05) is 13.8 Å². The summed E-state index contributed by atoms with van der Waals surface area (Å²) in [5.41, 5.74) is 0. The molecule has 3 heteroatoms. The zero-order valence-corrected chi connectivity index (χ0v) is 8.62. The molecule has 0 saturated carbocycles. The van der Waals surface area contributed by atoms with Gasteiger partial charge in [-0.25, -0.2) is 0 Å². The van der Waals surface area contributed by atoms with Gasteiger partial charge in [0.2, 0.25) is 0 Å². The van der Waals surface area contributed by atoms with Crippen molar-refractivity contribution >= 4 is 0 Å². The minimum absolute atomic E-state index is 0.00218. The van der Waals surface area contributed by atoms with Crippen LogP contribution in [0.25, 0.3) is 0 Å². The first-order chi connectivity index (χ1) is 6.19. The van der Waals surface area contributed by atoms with Crippen molar-refractivity contribution in [1.82, 2.24) is 4.90 Å². The molecule has 0 aliphatic carbocycles. The molecule has 2 atom stereocenters. The van der Waals surface area contributed by atoms with E-state index in [2.05, 4.69) is 12.1 Å². The molecule has 0 aromatic rings. The molecule has 0 saturated heterocycles. The van der Waals surface area contributed by atoms with Crippen LogP contribution in [-0.4, -0.2) is 24.0 Å². The van der Waals surface area contributed by atoms with Gasteiger partial charge < -0.3 is 0 Å². The largest absolute Gasteiger partial charge is 0.287 e. The molecule has 0 bridgehead atoms. The Morgan fingerprint density at radius 1 is 1.23 bits per heavy atom. The number of hydrogen-bond acceptors (Lipinski definition) is 3. The summed E-state index contributed by atoms with van der Waals surface area (Å²) in [6.07, 6.45) is 0.822. The van der Waals surface area contributed by atoms with Crippen molar-refractivity contribution < 1.29 is 0 Å². The van der Waals surface area contributed by atoms with Crippen molar-refractivity contribution in [2.75, 3.05) is 13.1 Å². The van der Waals surface area contributed by atoms with Gasteiger partial charge in [0.25, 0.3) is 0 Å². The number of nitriles is 2. The number of nitrogens with zero attached hydrogens (tertiary/aromatic N) is 3. The van der Waals surface area contributed by atoms with E-state index in [9.17, 15) is 0 Å². The van der Waals surface area contributed by atoms with Crippen molar-refractivity contribution in [3.63, 3.8) is 0 Å². The smallest absolute Gasteiger partial charge is 0.0975 e. The van der Waals surface area contributed by atoms with Crippen LogP contribution in [-0.2, 0) is 0 Å². The molecule has 0 aromatic carbocycles. The van der Waals surface area contributed by atoms with Crippen LogP contribution < -0.4 is 0 Å². The maximum atomic E-state index is 8.84. The van der Waals surface area contributed by atoms with Gasteiger partial charge in [-0.3, -0.25) is 4.90 Å². The third kappa shape index (κ3) is 3.92. The van der Waals surface area contributed by atoms with Gasteiger partial charge in [0, 0.05) is 6.54 Å². The first-order valence-electron chi connectivity index (χ1n) is 4.72. The van der Waals surface area contributed by atoms with E-state index in [1.165, 1.54) is 0 Å². The van der Waals surface area contributed by atoms with Crippen LogP contribution in [0.4, 0.5) is 0 Å². The van der Waals surface area contributed by atoms with E-state index in [-0.39, 0.29) is 12.0 Å². The van der Waals surface area contributed by atoms with E-state index < -0.39 is 0 Å². The molecule has 0 aliphatic rings. The van der Waals surface area contributed by atoms with Crippen molar-refractivity contribution in [1.29, 1.82) is 10.5 Å². The molecule has 0 heterocycles. The molecule has 0 radical (unpaired) electrons. The first kappa shape index (κ1) is 11.9. The maximum Gasteiger partial charge on any atom is 0.0975 e. The van der Waals surface area contributed by atoms with Crippen LogP contribution in [0.5, 0.6) is 0 Å². The van der Waals surface area contributed by atoms with Crippen LogP contribution in [0, 0.1) is 28.6 Å². The fourth-order valence-corrected chi connectivity index (χ4v) is 1.30. The first-order valence-corrected chi connectivity index (χ1v) is 4.72. The maximum absolute atomic E-state index is 8.84. The second-order valence-electron chi connectivity index (χ2n) is 3.17. The minimum Gasteiger partial charge on any atom is -0.287 e. The van der Waals surface area contributed by atoms with Crippen molar-refractivity contribution in [3.05, 3.63) is 0 Å². The molecule has 0 aromatic heterocycles. The van der Waals surface area contributed by atoms with E-state index >= 15 is 0 Å². The third-order valence-electron chi connectivity index (χ3n) is 2.11. The van der Waals surface area contributed by atoms with Crippen LogP contribution in [0.3, 0.4) is 0 Å². The van der Waals surface area contributed by atoms with Gasteiger partial charge in [0.05, 0.1) is 24.1 Å². The Labute approximate surface area is 80.6 Å². The zero-order chi connectivity index (χ0) is 10.3. The van der Waals surface area contributed by atoms with Crippen LogP contribution >= 0.6 is 0 Å². The van der Waals surface area contributed by atoms with Crippen LogP contribution in [0.2, 0.25) is 0 Å². The lowest BCUT2D eigenvalue weighted by atomic mass is 10.1. The van der Waals surface area contributed by atoms with E-state index in [1.54, 1.807) is 0 Å². The van der Waals surface area contributed by atoms with Gasteiger partial charge >= 0.3 is 0 Å². The molecule has 0 fully saturated rings. The molecule has 0 rings (SSSR count). The SMILES string of the molecule is CCC(C#N)N(CC)CC(C)C#N. The highest BCUT2D eigenvalue weighted by molar-refractivity contribution is 4.92. The quantitative estimate of drug-likeness (QED) is 0.646. The van der Waals surface area contributed by atoms with Crippen LogP contribution in [0.1, 0.15) is 27.2 Å². The summed E-state index contributed by atoms with van der Waals surface area (Å²) in [4.78, 5) is 2.05. The summed E-state index contributed by atoms with van der Waals surface area (Å²) in [6, 6.07) is 4.39. The highest BCUT2D eigenvalue weighted by Gasteiger charge is 2.16. The summed E-state index contributed by atoms with van der Waals surface area (Å²) < 4.78 is 0. The molecule has 0 aliphatic heterocycles. The summed E-state index contributed by atoms with van der Waals surface area (Å²) in [5, 5.41) is 17.5. The lowest BCUT2D eigenvalue weighted by molar-refractivity contribution is 0.225. The average Bonchev–Trinajstić information content (AvgIpc) is 2.17. The second-order valence-corrected chi connectivity index (χ2v) is 3.17. The molecule has 13 heavy (non-hydrogen) atoms. The summed E-state index contributed by atoms with van der Waals surface area (Å²) in [7, 11) is 0. The Kier molecular flexibility index (Phi) is 5.93. The van der Waals surface area contributed by atoms with Crippen LogP contribution in [0.15, 0.2) is 0 Å². The number of hydrogen-bond donors (Lipinski definition) is 0. The zero-order valence-electron chi connectivity index (χ0n) is 8.62.